The van der Waals surface area contributed by atoms with Gasteiger partial charge in [0.2, 0.25) is 0 Å². The van der Waals surface area contributed by atoms with Crippen LogP contribution < -0.4 is 10.2 Å². The van der Waals surface area contributed by atoms with Crippen molar-refractivity contribution in [2.45, 2.75) is 13.1 Å². The van der Waals surface area contributed by atoms with Gasteiger partial charge in [-0.15, -0.1) is 0 Å². The maximum Gasteiger partial charge on any atom is 0.149 e. The van der Waals surface area contributed by atoms with Crippen molar-refractivity contribution in [3.8, 4) is 0 Å². The third-order valence-corrected chi connectivity index (χ3v) is 3.70. The van der Waals surface area contributed by atoms with E-state index in [2.05, 4.69) is 21.2 Å². The van der Waals surface area contributed by atoms with E-state index in [9.17, 15) is 8.78 Å². The topological polar surface area (TPSA) is 15.3 Å². The van der Waals surface area contributed by atoms with Crippen LogP contribution >= 0.6 is 15.9 Å². The fraction of sp³-hybridized carbons (Fsp3) is 0.250. The van der Waals surface area contributed by atoms with Crippen molar-refractivity contribution in [1.82, 2.24) is 5.32 Å². The molecule has 2 rings (SSSR count). The summed E-state index contributed by atoms with van der Waals surface area (Å²) in [5.74, 6) is -1.08. The molecular formula is C16H17BrF2N2. The molecule has 0 heterocycles. The number of rotatable bonds is 5. The molecule has 0 spiro atoms. The molecule has 21 heavy (non-hydrogen) atoms. The lowest BCUT2D eigenvalue weighted by atomic mass is 10.1. The van der Waals surface area contributed by atoms with Crippen LogP contribution in [0.5, 0.6) is 0 Å². The van der Waals surface area contributed by atoms with Gasteiger partial charge in [0, 0.05) is 24.6 Å². The van der Waals surface area contributed by atoms with E-state index in [1.54, 1.807) is 19.0 Å². The molecule has 0 aliphatic carbocycles. The Kier molecular flexibility index (Phi) is 5.31. The maximum atomic E-state index is 14.1. The number of benzene rings is 2. The minimum atomic E-state index is -0.542. The van der Waals surface area contributed by atoms with Crippen LogP contribution in [0.15, 0.2) is 40.9 Å². The monoisotopic (exact) mass is 354 g/mol. The molecule has 0 fully saturated rings. The van der Waals surface area contributed by atoms with Crippen molar-refractivity contribution in [3.63, 3.8) is 0 Å². The molecule has 0 bridgehead atoms. The Labute approximate surface area is 131 Å². The molecule has 0 amide bonds. The number of anilines is 1. The van der Waals surface area contributed by atoms with Gasteiger partial charge in [-0.2, -0.15) is 0 Å². The van der Waals surface area contributed by atoms with Crippen molar-refractivity contribution in [2.24, 2.45) is 0 Å². The molecule has 0 unspecified atom stereocenters. The Morgan fingerprint density at radius 2 is 1.62 bits per heavy atom. The number of halogens is 3. The Balaban J connectivity index is 2.22. The van der Waals surface area contributed by atoms with Crippen molar-refractivity contribution in [1.29, 1.82) is 0 Å². The van der Waals surface area contributed by atoms with Crippen LogP contribution in [0.2, 0.25) is 0 Å². The first-order valence-corrected chi connectivity index (χ1v) is 7.38. The standard InChI is InChI=1S/C16H17BrF2N2/c1-20-9-12-7-14(18)16(15(19)8-12)21(2)10-11-3-5-13(17)6-4-11/h3-8,20H,9-10H2,1-2H3. The molecule has 2 aromatic carbocycles. The summed E-state index contributed by atoms with van der Waals surface area (Å²) in [6.07, 6.45) is 0. The highest BCUT2D eigenvalue weighted by atomic mass is 79.9. The molecule has 2 nitrogen and oxygen atoms in total. The van der Waals surface area contributed by atoms with E-state index in [0.29, 0.717) is 18.7 Å². The second-order valence-electron chi connectivity index (χ2n) is 4.92. The smallest absolute Gasteiger partial charge is 0.149 e. The lowest BCUT2D eigenvalue weighted by molar-refractivity contribution is 0.571. The van der Waals surface area contributed by atoms with Crippen LogP contribution in [-0.2, 0) is 13.1 Å². The molecule has 0 aliphatic rings. The van der Waals surface area contributed by atoms with Gasteiger partial charge in [-0.25, -0.2) is 8.78 Å². The predicted molar refractivity (Wildman–Crippen MR) is 85.4 cm³/mol. The summed E-state index contributed by atoms with van der Waals surface area (Å²) in [5, 5.41) is 2.88. The van der Waals surface area contributed by atoms with Gasteiger partial charge in [0.25, 0.3) is 0 Å². The largest absolute Gasteiger partial charge is 0.366 e. The van der Waals surface area contributed by atoms with Crippen LogP contribution in [0, 0.1) is 11.6 Å². The first-order chi connectivity index (χ1) is 10.0. The van der Waals surface area contributed by atoms with Crippen LogP contribution in [0.3, 0.4) is 0 Å². The molecule has 0 radical (unpaired) electrons. The fourth-order valence-corrected chi connectivity index (χ4v) is 2.50. The Bertz CT molecular complexity index is 591. The van der Waals surface area contributed by atoms with Crippen molar-refractivity contribution in [3.05, 3.63) is 63.6 Å². The lowest BCUT2D eigenvalue weighted by Gasteiger charge is -2.21. The van der Waals surface area contributed by atoms with Gasteiger partial charge < -0.3 is 10.2 Å². The van der Waals surface area contributed by atoms with Gasteiger partial charge in [0.15, 0.2) is 0 Å². The average molecular weight is 355 g/mol. The zero-order valence-electron chi connectivity index (χ0n) is 12.0. The summed E-state index contributed by atoms with van der Waals surface area (Å²) in [7, 11) is 3.42. The normalized spacial score (nSPS) is 10.7. The van der Waals surface area contributed by atoms with E-state index in [-0.39, 0.29) is 5.69 Å². The number of nitrogens with zero attached hydrogens (tertiary/aromatic N) is 1. The van der Waals surface area contributed by atoms with E-state index in [1.165, 1.54) is 12.1 Å². The summed E-state index contributed by atoms with van der Waals surface area (Å²) in [6.45, 7) is 0.872. The SMILES string of the molecule is CNCc1cc(F)c(N(C)Cc2ccc(Br)cc2)c(F)c1. The summed E-state index contributed by atoms with van der Waals surface area (Å²) < 4.78 is 29.2. The van der Waals surface area contributed by atoms with Crippen molar-refractivity contribution in [2.75, 3.05) is 19.0 Å². The number of hydrogen-bond acceptors (Lipinski definition) is 2. The third-order valence-electron chi connectivity index (χ3n) is 3.17. The van der Waals surface area contributed by atoms with Crippen LogP contribution in [0.1, 0.15) is 11.1 Å². The summed E-state index contributed by atoms with van der Waals surface area (Å²) in [5.41, 5.74) is 1.57. The van der Waals surface area contributed by atoms with E-state index in [4.69, 9.17) is 0 Å². The highest BCUT2D eigenvalue weighted by Gasteiger charge is 2.15. The average Bonchev–Trinajstić information content (AvgIpc) is 2.41. The van der Waals surface area contributed by atoms with Gasteiger partial charge >= 0.3 is 0 Å². The van der Waals surface area contributed by atoms with Crippen molar-refractivity contribution >= 4 is 21.6 Å². The van der Waals surface area contributed by atoms with Gasteiger partial charge in [-0.1, -0.05) is 28.1 Å². The van der Waals surface area contributed by atoms with Crippen LogP contribution in [0.4, 0.5) is 14.5 Å². The van der Waals surface area contributed by atoms with Crippen molar-refractivity contribution < 1.29 is 8.78 Å². The minimum absolute atomic E-state index is 0.00206. The molecular weight excluding hydrogens is 338 g/mol. The first kappa shape index (κ1) is 15.9. The molecule has 2 aromatic rings. The summed E-state index contributed by atoms with van der Waals surface area (Å²) in [4.78, 5) is 1.58. The zero-order chi connectivity index (χ0) is 15.4. The summed E-state index contributed by atoms with van der Waals surface area (Å²) >= 11 is 3.36. The zero-order valence-corrected chi connectivity index (χ0v) is 13.5. The van der Waals surface area contributed by atoms with Gasteiger partial charge in [-0.05, 0) is 42.4 Å². The van der Waals surface area contributed by atoms with E-state index in [0.717, 1.165) is 10.0 Å². The van der Waals surface area contributed by atoms with Gasteiger partial charge in [-0.3, -0.25) is 0 Å². The van der Waals surface area contributed by atoms with E-state index >= 15 is 0 Å². The van der Waals surface area contributed by atoms with Gasteiger partial charge in [0.05, 0.1) is 0 Å². The highest BCUT2D eigenvalue weighted by molar-refractivity contribution is 9.10. The van der Waals surface area contributed by atoms with Gasteiger partial charge in [0.1, 0.15) is 17.3 Å². The van der Waals surface area contributed by atoms with Crippen LogP contribution in [-0.4, -0.2) is 14.1 Å². The summed E-state index contributed by atoms with van der Waals surface area (Å²) in [6, 6.07) is 10.4. The Hall–Kier alpha value is -1.46. The number of hydrogen-bond donors (Lipinski definition) is 1. The predicted octanol–water partition coefficient (Wildman–Crippen LogP) is 4.08. The molecule has 0 atom stereocenters. The lowest BCUT2D eigenvalue weighted by Crippen LogP contribution is -2.19. The molecule has 0 saturated heterocycles. The fourth-order valence-electron chi connectivity index (χ4n) is 2.23. The van der Waals surface area contributed by atoms with Crippen LogP contribution in [0.25, 0.3) is 0 Å². The molecule has 0 saturated carbocycles. The Morgan fingerprint density at radius 1 is 1.05 bits per heavy atom. The second-order valence-corrected chi connectivity index (χ2v) is 5.84. The maximum absolute atomic E-state index is 14.1. The Morgan fingerprint density at radius 3 is 2.14 bits per heavy atom. The molecule has 0 aromatic heterocycles. The molecule has 112 valence electrons. The second kappa shape index (κ2) is 7.00. The molecule has 5 heteroatoms. The third kappa shape index (κ3) is 4.02. The minimum Gasteiger partial charge on any atom is -0.366 e. The van der Waals surface area contributed by atoms with E-state index in [1.807, 2.05) is 24.3 Å². The van der Waals surface area contributed by atoms with E-state index < -0.39 is 11.6 Å². The first-order valence-electron chi connectivity index (χ1n) is 6.59. The molecule has 0 aliphatic heterocycles. The quantitative estimate of drug-likeness (QED) is 0.869. The molecule has 1 N–H and O–H groups in total. The number of nitrogens with one attached hydrogen (secondary N) is 1. The highest BCUT2D eigenvalue weighted by Crippen LogP contribution is 2.25.